The van der Waals surface area contributed by atoms with Crippen LogP contribution in [0.1, 0.15) is 156 Å². The van der Waals surface area contributed by atoms with Crippen LogP contribution in [0.25, 0.3) is 0 Å². The molecule has 0 aliphatic rings. The molecule has 0 saturated heterocycles. The van der Waals surface area contributed by atoms with Gasteiger partial charge in [0.25, 0.3) is 0 Å². The average molecular weight is 443 g/mol. The highest BCUT2D eigenvalue weighted by Crippen LogP contribution is 2.23. The van der Waals surface area contributed by atoms with Gasteiger partial charge in [0.2, 0.25) is 0 Å². The fourth-order valence-electron chi connectivity index (χ4n) is 4.46. The maximum absolute atomic E-state index is 10.6. The van der Waals surface area contributed by atoms with Crippen molar-refractivity contribution < 1.29 is 14.9 Å². The topological polar surface area (TPSA) is 49.7 Å². The third-order valence-electron chi connectivity index (χ3n) is 6.50. The molecule has 0 spiro atoms. The lowest BCUT2D eigenvalue weighted by Gasteiger charge is -2.28. The zero-order valence-corrected chi connectivity index (χ0v) is 21.8. The van der Waals surface area contributed by atoms with Gasteiger partial charge >= 0.3 is 0 Å². The Hall–Kier alpha value is -0.120. The van der Waals surface area contributed by atoms with Crippen LogP contribution < -0.4 is 0 Å². The monoisotopic (exact) mass is 442 g/mol. The summed E-state index contributed by atoms with van der Waals surface area (Å²) >= 11 is 0. The predicted octanol–water partition coefficient (Wildman–Crippen LogP) is 8.34. The highest BCUT2D eigenvalue weighted by atomic mass is 16.5. The number of aliphatic hydroxyl groups excluding tert-OH is 2. The molecular weight excluding hydrogens is 384 g/mol. The second-order valence-electron chi connectivity index (χ2n) is 9.85. The highest BCUT2D eigenvalue weighted by Gasteiger charge is 2.22. The minimum atomic E-state index is -0.251. The van der Waals surface area contributed by atoms with Gasteiger partial charge < -0.3 is 14.9 Å². The molecule has 0 aromatic heterocycles. The van der Waals surface area contributed by atoms with E-state index in [1.165, 1.54) is 77.0 Å². The van der Waals surface area contributed by atoms with Crippen LogP contribution in [0.5, 0.6) is 0 Å². The van der Waals surface area contributed by atoms with Crippen LogP contribution >= 0.6 is 0 Å². The maximum Gasteiger partial charge on any atom is 0.0603 e. The van der Waals surface area contributed by atoms with Crippen LogP contribution in [0.15, 0.2) is 0 Å². The summed E-state index contributed by atoms with van der Waals surface area (Å²) in [5, 5.41) is 21.2. The molecule has 188 valence electrons. The van der Waals surface area contributed by atoms with Crippen LogP contribution in [0.3, 0.4) is 0 Å². The van der Waals surface area contributed by atoms with Crippen molar-refractivity contribution in [3.63, 3.8) is 0 Å². The van der Waals surface area contributed by atoms with Crippen LogP contribution in [0, 0.1) is 0 Å². The van der Waals surface area contributed by atoms with Gasteiger partial charge in [-0.3, -0.25) is 0 Å². The first-order valence-corrected chi connectivity index (χ1v) is 14.1. The van der Waals surface area contributed by atoms with Crippen molar-refractivity contribution in [1.29, 1.82) is 0 Å². The summed E-state index contributed by atoms with van der Waals surface area (Å²) < 4.78 is 6.62. The van der Waals surface area contributed by atoms with Crippen molar-refractivity contribution in [2.24, 2.45) is 0 Å². The van der Waals surface area contributed by atoms with Gasteiger partial charge in [-0.15, -0.1) is 0 Å². The van der Waals surface area contributed by atoms with E-state index < -0.39 is 0 Å². The van der Waals surface area contributed by atoms with Gasteiger partial charge in [0.1, 0.15) is 0 Å². The largest absolute Gasteiger partial charge is 0.393 e. The van der Waals surface area contributed by atoms with Crippen molar-refractivity contribution in [3.05, 3.63) is 0 Å². The zero-order valence-electron chi connectivity index (χ0n) is 21.8. The van der Waals surface area contributed by atoms with E-state index in [2.05, 4.69) is 27.7 Å². The molecule has 0 heterocycles. The number of unbranched alkanes of at least 4 members (excludes halogenated alkanes) is 10. The minimum absolute atomic E-state index is 0.131. The summed E-state index contributed by atoms with van der Waals surface area (Å²) in [6, 6.07) is 0. The molecule has 0 aromatic rings. The van der Waals surface area contributed by atoms with E-state index in [9.17, 15) is 10.2 Å². The Morgan fingerprint density at radius 1 is 0.452 bits per heavy atom. The molecule has 3 heteroatoms. The molecule has 0 rings (SSSR count). The van der Waals surface area contributed by atoms with Gasteiger partial charge in [-0.2, -0.15) is 0 Å². The van der Waals surface area contributed by atoms with Gasteiger partial charge in [-0.1, -0.05) is 118 Å². The molecule has 4 unspecified atom stereocenters. The summed E-state index contributed by atoms with van der Waals surface area (Å²) in [5.74, 6) is 0. The molecule has 0 amide bonds. The van der Waals surface area contributed by atoms with Crippen LogP contribution in [-0.2, 0) is 4.74 Å². The van der Waals surface area contributed by atoms with Crippen LogP contribution in [-0.4, -0.2) is 34.6 Å². The predicted molar refractivity (Wildman–Crippen MR) is 136 cm³/mol. The molecule has 0 aliphatic heterocycles. The molecule has 2 N–H and O–H groups in total. The lowest BCUT2D eigenvalue weighted by atomic mass is 9.98. The molecule has 0 bridgehead atoms. The molecule has 4 atom stereocenters. The van der Waals surface area contributed by atoms with Crippen molar-refractivity contribution in [2.45, 2.75) is 181 Å². The summed E-state index contributed by atoms with van der Waals surface area (Å²) in [5.41, 5.74) is 0. The molecule has 0 aliphatic carbocycles. The molecule has 0 aromatic carbocycles. The molecule has 3 nitrogen and oxygen atoms in total. The maximum atomic E-state index is 10.6. The van der Waals surface area contributed by atoms with Gasteiger partial charge in [0, 0.05) is 0 Å². The molecule has 0 saturated carbocycles. The van der Waals surface area contributed by atoms with Crippen LogP contribution in [0.4, 0.5) is 0 Å². The first-order valence-electron chi connectivity index (χ1n) is 14.1. The van der Waals surface area contributed by atoms with Gasteiger partial charge in [-0.05, 0) is 38.5 Å². The molecular formula is C28H58O3. The Bertz CT molecular complexity index is 315. The summed E-state index contributed by atoms with van der Waals surface area (Å²) in [7, 11) is 0. The Morgan fingerprint density at radius 2 is 0.774 bits per heavy atom. The second kappa shape index (κ2) is 23.1. The Kier molecular flexibility index (Phi) is 23.0. The summed E-state index contributed by atoms with van der Waals surface area (Å²) in [6.07, 6.45) is 22.0. The van der Waals surface area contributed by atoms with Crippen molar-refractivity contribution in [2.75, 3.05) is 0 Å². The van der Waals surface area contributed by atoms with E-state index in [1.807, 2.05) is 0 Å². The Labute approximate surface area is 195 Å². The molecule has 0 radical (unpaired) electrons. The Morgan fingerprint density at radius 3 is 1.13 bits per heavy atom. The van der Waals surface area contributed by atoms with Gasteiger partial charge in [-0.25, -0.2) is 0 Å². The van der Waals surface area contributed by atoms with E-state index in [0.29, 0.717) is 0 Å². The van der Waals surface area contributed by atoms with Gasteiger partial charge in [0.05, 0.1) is 24.4 Å². The quantitative estimate of drug-likeness (QED) is 0.148. The minimum Gasteiger partial charge on any atom is -0.393 e. The van der Waals surface area contributed by atoms with Crippen molar-refractivity contribution in [1.82, 2.24) is 0 Å². The average Bonchev–Trinajstić information content (AvgIpc) is 2.74. The number of rotatable bonds is 24. The summed E-state index contributed by atoms with van der Waals surface area (Å²) in [4.78, 5) is 0. The number of ether oxygens (including phenoxy) is 1. The molecule has 0 fully saturated rings. The van der Waals surface area contributed by atoms with Crippen LogP contribution in [0.2, 0.25) is 0 Å². The fraction of sp³-hybridized carbons (Fsp3) is 1.00. The SMILES string of the molecule is CCCCCCC(O)CC(CCCCC)OC(CCCCC)CC(O)CCCCCC. The van der Waals surface area contributed by atoms with Crippen molar-refractivity contribution >= 4 is 0 Å². The third kappa shape index (κ3) is 20.2. The lowest BCUT2D eigenvalue weighted by molar-refractivity contribution is -0.0635. The van der Waals surface area contributed by atoms with E-state index in [1.54, 1.807) is 0 Å². The first-order chi connectivity index (χ1) is 15.1. The number of hydrogen-bond acceptors (Lipinski definition) is 3. The van der Waals surface area contributed by atoms with E-state index in [4.69, 9.17) is 4.74 Å². The van der Waals surface area contributed by atoms with E-state index >= 15 is 0 Å². The number of aliphatic hydroxyl groups is 2. The number of hydrogen-bond donors (Lipinski definition) is 2. The van der Waals surface area contributed by atoms with Crippen molar-refractivity contribution in [3.8, 4) is 0 Å². The lowest BCUT2D eigenvalue weighted by Crippen LogP contribution is -2.29. The fourth-order valence-corrected chi connectivity index (χ4v) is 4.46. The summed E-state index contributed by atoms with van der Waals surface area (Å²) in [6.45, 7) is 8.93. The first kappa shape index (κ1) is 30.9. The highest BCUT2D eigenvalue weighted by molar-refractivity contribution is 4.72. The Balaban J connectivity index is 4.72. The zero-order chi connectivity index (χ0) is 23.2. The smallest absolute Gasteiger partial charge is 0.0603 e. The van der Waals surface area contributed by atoms with E-state index in [-0.39, 0.29) is 24.4 Å². The van der Waals surface area contributed by atoms with Gasteiger partial charge in [0.15, 0.2) is 0 Å². The van der Waals surface area contributed by atoms with E-state index in [0.717, 1.165) is 51.4 Å². The molecule has 31 heavy (non-hydrogen) atoms. The normalized spacial score (nSPS) is 15.7. The second-order valence-corrected chi connectivity index (χ2v) is 9.85. The standard InChI is InChI=1S/C28H58O3/c1-5-9-13-17-19-25(29)23-27(21-15-11-7-3)31-28(22-16-12-8-4)24-26(30)20-18-14-10-6-2/h25-30H,5-24H2,1-4H3. The third-order valence-corrected chi connectivity index (χ3v) is 6.50.